The van der Waals surface area contributed by atoms with Crippen molar-refractivity contribution >= 4 is 10.0 Å². The Hall–Kier alpha value is -0.130. The summed E-state index contributed by atoms with van der Waals surface area (Å²) in [6, 6.07) is 0. The van der Waals surface area contributed by atoms with Crippen molar-refractivity contribution < 1.29 is 8.42 Å². The first-order valence-corrected chi connectivity index (χ1v) is 7.16. The summed E-state index contributed by atoms with van der Waals surface area (Å²) in [7, 11) is -3.13. The summed E-state index contributed by atoms with van der Waals surface area (Å²) in [5.74, 6) is 0.510. The summed E-state index contributed by atoms with van der Waals surface area (Å²) in [5.41, 5.74) is -0.374. The average Bonchev–Trinajstić information content (AvgIpc) is 1.99. The molecular formula is C10H22N2O2S. The first kappa shape index (κ1) is 12.9. The minimum absolute atomic E-state index is 0.247. The van der Waals surface area contributed by atoms with Crippen LogP contribution in [0.5, 0.6) is 0 Å². The number of nitrogens with one attached hydrogen (secondary N) is 2. The fourth-order valence-electron chi connectivity index (χ4n) is 1.88. The number of hydrogen-bond donors (Lipinski definition) is 2. The van der Waals surface area contributed by atoms with Gasteiger partial charge in [-0.2, -0.15) is 0 Å². The van der Waals surface area contributed by atoms with E-state index in [0.717, 1.165) is 25.9 Å². The Morgan fingerprint density at radius 1 is 1.40 bits per heavy atom. The highest BCUT2D eigenvalue weighted by Gasteiger charge is 2.24. The second-order valence-corrected chi connectivity index (χ2v) is 7.11. The average molecular weight is 234 g/mol. The van der Waals surface area contributed by atoms with Crippen LogP contribution in [-0.4, -0.2) is 32.8 Å². The molecule has 1 unspecified atom stereocenters. The van der Waals surface area contributed by atoms with Crippen molar-refractivity contribution in [2.45, 2.75) is 39.2 Å². The van der Waals surface area contributed by atoms with Crippen LogP contribution in [0.4, 0.5) is 0 Å². The van der Waals surface area contributed by atoms with Crippen molar-refractivity contribution in [3.63, 3.8) is 0 Å². The second kappa shape index (κ2) is 4.80. The molecule has 1 rings (SSSR count). The quantitative estimate of drug-likeness (QED) is 0.756. The summed E-state index contributed by atoms with van der Waals surface area (Å²) < 4.78 is 26.2. The van der Waals surface area contributed by atoms with Gasteiger partial charge in [-0.05, 0) is 52.6 Å². The van der Waals surface area contributed by atoms with E-state index in [1.54, 1.807) is 0 Å². The van der Waals surface area contributed by atoms with Gasteiger partial charge in [0, 0.05) is 5.54 Å². The highest BCUT2D eigenvalue weighted by Crippen LogP contribution is 2.13. The van der Waals surface area contributed by atoms with Gasteiger partial charge in [-0.3, -0.25) is 0 Å². The third kappa shape index (κ3) is 5.49. The summed E-state index contributed by atoms with van der Waals surface area (Å²) in [6.07, 6.45) is 2.09. The molecule has 1 aliphatic rings. The van der Waals surface area contributed by atoms with Crippen LogP contribution in [0.3, 0.4) is 0 Å². The van der Waals surface area contributed by atoms with E-state index in [1.807, 2.05) is 20.8 Å². The molecule has 1 fully saturated rings. The van der Waals surface area contributed by atoms with E-state index in [9.17, 15) is 8.42 Å². The Labute approximate surface area is 92.9 Å². The van der Waals surface area contributed by atoms with Crippen LogP contribution >= 0.6 is 0 Å². The van der Waals surface area contributed by atoms with Crippen LogP contribution in [0.2, 0.25) is 0 Å². The molecule has 15 heavy (non-hydrogen) atoms. The zero-order valence-corrected chi connectivity index (χ0v) is 10.7. The lowest BCUT2D eigenvalue weighted by molar-refractivity contribution is 0.399. The lowest BCUT2D eigenvalue weighted by Crippen LogP contribution is -2.44. The Balaban J connectivity index is 2.48. The van der Waals surface area contributed by atoms with Gasteiger partial charge in [0.15, 0.2) is 0 Å². The van der Waals surface area contributed by atoms with Gasteiger partial charge in [0.2, 0.25) is 10.0 Å². The molecule has 1 aliphatic heterocycles. The lowest BCUT2D eigenvalue weighted by atomic mass is 10.0. The van der Waals surface area contributed by atoms with E-state index in [2.05, 4.69) is 10.0 Å². The van der Waals surface area contributed by atoms with Crippen LogP contribution in [0.1, 0.15) is 33.6 Å². The first-order valence-electron chi connectivity index (χ1n) is 5.51. The minimum Gasteiger partial charge on any atom is -0.316 e. The molecule has 0 amide bonds. The fraction of sp³-hybridized carbons (Fsp3) is 1.00. The van der Waals surface area contributed by atoms with E-state index in [0.29, 0.717) is 0 Å². The molecule has 0 aromatic carbocycles. The van der Waals surface area contributed by atoms with Crippen molar-refractivity contribution in [3.05, 3.63) is 0 Å². The van der Waals surface area contributed by atoms with Gasteiger partial charge in [-0.1, -0.05) is 0 Å². The SMILES string of the molecule is CC(C)(C)NS(=O)(=O)CC1CCCNC1. The number of hydrogen-bond acceptors (Lipinski definition) is 3. The van der Waals surface area contributed by atoms with Crippen LogP contribution in [0.15, 0.2) is 0 Å². The smallest absolute Gasteiger partial charge is 0.212 e. The number of piperidine rings is 1. The summed E-state index contributed by atoms with van der Waals surface area (Å²) in [4.78, 5) is 0. The van der Waals surface area contributed by atoms with E-state index >= 15 is 0 Å². The summed E-state index contributed by atoms with van der Waals surface area (Å²) in [6.45, 7) is 7.44. The third-order valence-electron chi connectivity index (χ3n) is 2.32. The normalized spacial score (nSPS) is 24.1. The van der Waals surface area contributed by atoms with Crippen molar-refractivity contribution in [1.29, 1.82) is 0 Å². The third-order valence-corrected chi connectivity index (χ3v) is 4.15. The zero-order valence-electron chi connectivity index (χ0n) is 9.84. The lowest BCUT2D eigenvalue weighted by Gasteiger charge is -2.25. The monoisotopic (exact) mass is 234 g/mol. The fourth-order valence-corrected chi connectivity index (χ4v) is 3.81. The van der Waals surface area contributed by atoms with Gasteiger partial charge in [-0.15, -0.1) is 0 Å². The highest BCUT2D eigenvalue weighted by atomic mass is 32.2. The Morgan fingerprint density at radius 2 is 2.07 bits per heavy atom. The standard InChI is InChI=1S/C10H22N2O2S/c1-10(2,3)12-15(13,14)8-9-5-4-6-11-7-9/h9,11-12H,4-8H2,1-3H3. The molecule has 0 saturated carbocycles. The number of sulfonamides is 1. The van der Waals surface area contributed by atoms with Crippen LogP contribution in [0, 0.1) is 5.92 Å². The molecule has 0 aliphatic carbocycles. The Bertz CT molecular complexity index is 287. The van der Waals surface area contributed by atoms with Crippen LogP contribution in [0.25, 0.3) is 0 Å². The minimum atomic E-state index is -3.13. The molecule has 0 aromatic rings. The largest absolute Gasteiger partial charge is 0.316 e. The molecule has 0 radical (unpaired) electrons. The maximum Gasteiger partial charge on any atom is 0.212 e. The molecule has 1 atom stereocenters. The van der Waals surface area contributed by atoms with Crippen LogP contribution < -0.4 is 10.0 Å². The van der Waals surface area contributed by atoms with E-state index < -0.39 is 10.0 Å². The molecule has 90 valence electrons. The summed E-state index contributed by atoms with van der Waals surface area (Å²) >= 11 is 0. The van der Waals surface area contributed by atoms with Gasteiger partial charge in [-0.25, -0.2) is 13.1 Å². The molecule has 4 nitrogen and oxygen atoms in total. The first-order chi connectivity index (χ1) is 6.79. The molecule has 2 N–H and O–H groups in total. The van der Waals surface area contributed by atoms with Gasteiger partial charge < -0.3 is 5.32 Å². The maximum absolute atomic E-state index is 11.8. The summed E-state index contributed by atoms with van der Waals surface area (Å²) in [5, 5.41) is 3.23. The predicted molar refractivity (Wildman–Crippen MR) is 62.3 cm³/mol. The topological polar surface area (TPSA) is 58.2 Å². The van der Waals surface area contributed by atoms with E-state index in [4.69, 9.17) is 0 Å². The molecule has 1 saturated heterocycles. The molecule has 0 bridgehead atoms. The predicted octanol–water partition coefficient (Wildman–Crippen LogP) is 0.704. The molecule has 0 spiro atoms. The molecule has 0 aromatic heterocycles. The molecule has 1 heterocycles. The van der Waals surface area contributed by atoms with Crippen molar-refractivity contribution in [3.8, 4) is 0 Å². The Kier molecular flexibility index (Phi) is 4.14. The van der Waals surface area contributed by atoms with Crippen LogP contribution in [-0.2, 0) is 10.0 Å². The Morgan fingerprint density at radius 3 is 2.53 bits per heavy atom. The molecular weight excluding hydrogens is 212 g/mol. The van der Waals surface area contributed by atoms with Gasteiger partial charge in [0.25, 0.3) is 0 Å². The molecule has 5 heteroatoms. The zero-order chi connectivity index (χ0) is 11.5. The van der Waals surface area contributed by atoms with Gasteiger partial charge >= 0.3 is 0 Å². The van der Waals surface area contributed by atoms with Gasteiger partial charge in [0.05, 0.1) is 5.75 Å². The van der Waals surface area contributed by atoms with E-state index in [-0.39, 0.29) is 17.2 Å². The van der Waals surface area contributed by atoms with Crippen molar-refractivity contribution in [2.75, 3.05) is 18.8 Å². The second-order valence-electron chi connectivity index (χ2n) is 5.35. The maximum atomic E-state index is 11.8. The van der Waals surface area contributed by atoms with Crippen molar-refractivity contribution in [2.24, 2.45) is 5.92 Å². The van der Waals surface area contributed by atoms with Crippen molar-refractivity contribution in [1.82, 2.24) is 10.0 Å². The highest BCUT2D eigenvalue weighted by molar-refractivity contribution is 7.89. The number of rotatable bonds is 3. The van der Waals surface area contributed by atoms with Gasteiger partial charge in [0.1, 0.15) is 0 Å². The van der Waals surface area contributed by atoms with E-state index in [1.165, 1.54) is 0 Å².